The molecule has 166 valence electrons. The SMILES string of the molecule is CCNC(=NCCCc1nnc2n1CCCCC2)NCCCN(C(C)C)C(C)C. The third-order valence-electron chi connectivity index (χ3n) is 5.57. The lowest BCUT2D eigenvalue weighted by molar-refractivity contribution is 0.173. The molecule has 1 aliphatic rings. The molecule has 1 aliphatic heterocycles. The Hall–Kier alpha value is -1.63. The van der Waals surface area contributed by atoms with Crippen molar-refractivity contribution in [1.29, 1.82) is 0 Å². The molecule has 0 fully saturated rings. The van der Waals surface area contributed by atoms with Crippen molar-refractivity contribution < 1.29 is 0 Å². The number of guanidine groups is 1. The highest BCUT2D eigenvalue weighted by Crippen LogP contribution is 2.15. The topological polar surface area (TPSA) is 70.4 Å². The molecule has 0 spiro atoms. The van der Waals surface area contributed by atoms with Crippen molar-refractivity contribution in [1.82, 2.24) is 30.3 Å². The van der Waals surface area contributed by atoms with Gasteiger partial charge in [-0.15, -0.1) is 10.2 Å². The summed E-state index contributed by atoms with van der Waals surface area (Å²) in [5.41, 5.74) is 0. The van der Waals surface area contributed by atoms with E-state index in [1.54, 1.807) is 0 Å². The first-order chi connectivity index (χ1) is 14.0. The van der Waals surface area contributed by atoms with Gasteiger partial charge in [0.05, 0.1) is 0 Å². The maximum Gasteiger partial charge on any atom is 0.191 e. The van der Waals surface area contributed by atoms with E-state index in [4.69, 9.17) is 4.99 Å². The minimum absolute atomic E-state index is 0.587. The van der Waals surface area contributed by atoms with E-state index in [1.165, 1.54) is 25.1 Å². The van der Waals surface area contributed by atoms with Crippen LogP contribution in [0.3, 0.4) is 0 Å². The van der Waals surface area contributed by atoms with E-state index < -0.39 is 0 Å². The molecule has 0 radical (unpaired) electrons. The molecule has 0 unspecified atom stereocenters. The Morgan fingerprint density at radius 2 is 1.86 bits per heavy atom. The predicted molar refractivity (Wildman–Crippen MR) is 121 cm³/mol. The molecule has 7 nitrogen and oxygen atoms in total. The van der Waals surface area contributed by atoms with Crippen LogP contribution in [-0.2, 0) is 19.4 Å². The van der Waals surface area contributed by atoms with Crippen LogP contribution in [0.1, 0.15) is 78.4 Å². The fourth-order valence-electron chi connectivity index (χ4n) is 4.08. The van der Waals surface area contributed by atoms with E-state index in [0.29, 0.717) is 12.1 Å². The molecule has 0 aromatic carbocycles. The quantitative estimate of drug-likeness (QED) is 0.336. The van der Waals surface area contributed by atoms with E-state index in [-0.39, 0.29) is 0 Å². The Bertz CT molecular complexity index is 598. The third kappa shape index (κ3) is 7.96. The highest BCUT2D eigenvalue weighted by atomic mass is 15.3. The number of nitrogens with one attached hydrogen (secondary N) is 2. The molecule has 0 amide bonds. The number of rotatable bonds is 11. The summed E-state index contributed by atoms with van der Waals surface area (Å²) < 4.78 is 2.34. The fraction of sp³-hybridized carbons (Fsp3) is 0.864. The van der Waals surface area contributed by atoms with Crippen molar-refractivity contribution in [3.63, 3.8) is 0 Å². The predicted octanol–water partition coefficient (Wildman–Crippen LogP) is 3.00. The normalized spacial score (nSPS) is 15.1. The van der Waals surface area contributed by atoms with Crippen LogP contribution in [0.15, 0.2) is 4.99 Å². The molecule has 2 N–H and O–H groups in total. The molecule has 29 heavy (non-hydrogen) atoms. The molecule has 1 aromatic rings. The van der Waals surface area contributed by atoms with E-state index in [0.717, 1.165) is 70.2 Å². The zero-order chi connectivity index (χ0) is 21.1. The van der Waals surface area contributed by atoms with Gasteiger partial charge in [0, 0.05) is 57.6 Å². The van der Waals surface area contributed by atoms with Gasteiger partial charge in [0.1, 0.15) is 11.6 Å². The van der Waals surface area contributed by atoms with Gasteiger partial charge in [0.15, 0.2) is 5.96 Å². The molecule has 1 aromatic heterocycles. The number of aryl methyl sites for hydroxylation is 2. The molecule has 0 saturated carbocycles. The third-order valence-corrected chi connectivity index (χ3v) is 5.57. The monoisotopic (exact) mass is 405 g/mol. The molecule has 2 rings (SSSR count). The van der Waals surface area contributed by atoms with Crippen molar-refractivity contribution in [2.24, 2.45) is 4.99 Å². The lowest BCUT2D eigenvalue weighted by Gasteiger charge is -2.30. The molecule has 7 heteroatoms. The summed E-state index contributed by atoms with van der Waals surface area (Å²) in [4.78, 5) is 7.29. The van der Waals surface area contributed by atoms with Crippen molar-refractivity contribution in [2.45, 2.75) is 98.2 Å². The van der Waals surface area contributed by atoms with Crippen LogP contribution in [0.2, 0.25) is 0 Å². The minimum atomic E-state index is 0.587. The first kappa shape index (κ1) is 23.6. The number of fused-ring (bicyclic) bond motifs is 1. The fourth-order valence-corrected chi connectivity index (χ4v) is 4.08. The minimum Gasteiger partial charge on any atom is -0.357 e. The summed E-state index contributed by atoms with van der Waals surface area (Å²) in [5.74, 6) is 3.23. The van der Waals surface area contributed by atoms with Gasteiger partial charge in [0.25, 0.3) is 0 Å². The average Bonchev–Trinajstić information content (AvgIpc) is 2.90. The molecule has 0 saturated heterocycles. The Balaban J connectivity index is 1.74. The Morgan fingerprint density at radius 3 is 2.59 bits per heavy atom. The second-order valence-corrected chi connectivity index (χ2v) is 8.56. The Kier molecular flexibility index (Phi) is 10.5. The van der Waals surface area contributed by atoms with Crippen LogP contribution in [-0.4, -0.2) is 63.9 Å². The van der Waals surface area contributed by atoms with Crippen LogP contribution in [0.4, 0.5) is 0 Å². The number of aromatic nitrogens is 3. The number of aliphatic imine (C=N–C) groups is 1. The van der Waals surface area contributed by atoms with Crippen LogP contribution in [0.25, 0.3) is 0 Å². The first-order valence-electron chi connectivity index (χ1n) is 11.7. The van der Waals surface area contributed by atoms with Crippen LogP contribution in [0, 0.1) is 0 Å². The summed E-state index contributed by atoms with van der Waals surface area (Å²) in [5, 5.41) is 15.7. The van der Waals surface area contributed by atoms with Gasteiger partial charge in [-0.05, 0) is 60.3 Å². The van der Waals surface area contributed by atoms with Gasteiger partial charge in [-0.1, -0.05) is 6.42 Å². The van der Waals surface area contributed by atoms with Crippen molar-refractivity contribution in [3.8, 4) is 0 Å². The van der Waals surface area contributed by atoms with Crippen molar-refractivity contribution in [2.75, 3.05) is 26.2 Å². The van der Waals surface area contributed by atoms with Crippen LogP contribution in [0.5, 0.6) is 0 Å². The lowest BCUT2D eigenvalue weighted by Crippen LogP contribution is -2.41. The van der Waals surface area contributed by atoms with E-state index in [9.17, 15) is 0 Å². The summed E-state index contributed by atoms with van der Waals surface area (Å²) >= 11 is 0. The molecular formula is C22H43N7. The van der Waals surface area contributed by atoms with Gasteiger partial charge >= 0.3 is 0 Å². The smallest absolute Gasteiger partial charge is 0.191 e. The largest absolute Gasteiger partial charge is 0.357 e. The van der Waals surface area contributed by atoms with E-state index >= 15 is 0 Å². The summed E-state index contributed by atoms with van der Waals surface area (Å²) in [6, 6.07) is 1.17. The zero-order valence-electron chi connectivity index (χ0n) is 19.4. The van der Waals surface area contributed by atoms with Crippen LogP contribution < -0.4 is 10.6 Å². The van der Waals surface area contributed by atoms with Crippen LogP contribution >= 0.6 is 0 Å². The second kappa shape index (κ2) is 12.8. The van der Waals surface area contributed by atoms with E-state index in [2.05, 4.69) is 64.9 Å². The van der Waals surface area contributed by atoms with Crippen molar-refractivity contribution in [3.05, 3.63) is 11.6 Å². The number of hydrogen-bond donors (Lipinski definition) is 2. The molecule has 0 atom stereocenters. The zero-order valence-corrected chi connectivity index (χ0v) is 19.4. The first-order valence-corrected chi connectivity index (χ1v) is 11.7. The lowest BCUT2D eigenvalue weighted by atomic mass is 10.2. The second-order valence-electron chi connectivity index (χ2n) is 8.56. The maximum atomic E-state index is 4.75. The van der Waals surface area contributed by atoms with Gasteiger partial charge in [-0.3, -0.25) is 9.89 Å². The van der Waals surface area contributed by atoms with Gasteiger partial charge in [0.2, 0.25) is 0 Å². The highest BCUT2D eigenvalue weighted by Gasteiger charge is 2.14. The highest BCUT2D eigenvalue weighted by molar-refractivity contribution is 5.79. The molecule has 0 aliphatic carbocycles. The Morgan fingerprint density at radius 1 is 1.07 bits per heavy atom. The number of nitrogens with zero attached hydrogens (tertiary/aromatic N) is 5. The standard InChI is InChI=1S/C22H43N7/c1-6-23-22(25-15-11-17-28(18(2)3)19(4)5)24-14-10-13-21-27-26-20-12-8-7-9-16-29(20)21/h18-19H,6-17H2,1-5H3,(H2,23,24,25). The Labute approximate surface area is 177 Å². The molecule has 2 heterocycles. The number of hydrogen-bond acceptors (Lipinski definition) is 4. The maximum absolute atomic E-state index is 4.75. The van der Waals surface area contributed by atoms with Crippen molar-refractivity contribution >= 4 is 5.96 Å². The van der Waals surface area contributed by atoms with Gasteiger partial charge < -0.3 is 15.2 Å². The average molecular weight is 406 g/mol. The molecule has 0 bridgehead atoms. The summed E-state index contributed by atoms with van der Waals surface area (Å²) in [6.45, 7) is 16.0. The van der Waals surface area contributed by atoms with Gasteiger partial charge in [-0.2, -0.15) is 0 Å². The summed E-state index contributed by atoms with van der Waals surface area (Å²) in [7, 11) is 0. The summed E-state index contributed by atoms with van der Waals surface area (Å²) in [6.07, 6.45) is 7.94. The van der Waals surface area contributed by atoms with Gasteiger partial charge in [-0.25, -0.2) is 0 Å². The molecular weight excluding hydrogens is 362 g/mol. The van der Waals surface area contributed by atoms with E-state index in [1.807, 2.05) is 0 Å².